The van der Waals surface area contributed by atoms with Crippen molar-refractivity contribution in [2.45, 2.75) is 31.5 Å². The number of terminal acetylenes is 1. The molecule has 0 fully saturated rings. The molecule has 31 heavy (non-hydrogen) atoms. The molecule has 0 spiro atoms. The average molecular weight is 465 g/mol. The number of rotatable bonds is 6. The summed E-state index contributed by atoms with van der Waals surface area (Å²) in [5, 5.41) is 2.59. The topological polar surface area (TPSA) is 59.9 Å². The molecule has 0 unspecified atom stereocenters. The van der Waals surface area contributed by atoms with E-state index in [1.54, 1.807) is 6.20 Å². The van der Waals surface area contributed by atoms with Gasteiger partial charge in [-0.15, -0.1) is 17.8 Å². The first-order valence-electron chi connectivity index (χ1n) is 9.30. The molecule has 3 aromatic rings. The van der Waals surface area contributed by atoms with Crippen molar-refractivity contribution < 1.29 is 21.6 Å². The minimum atomic E-state index is -5.33. The van der Waals surface area contributed by atoms with E-state index >= 15 is 0 Å². The molecule has 0 atom stereocenters. The van der Waals surface area contributed by atoms with Gasteiger partial charge in [-0.3, -0.25) is 4.98 Å². The van der Waals surface area contributed by atoms with Gasteiger partial charge < -0.3 is 0 Å². The average Bonchev–Trinajstić information content (AvgIpc) is 3.17. The third-order valence-electron chi connectivity index (χ3n) is 4.44. The third kappa shape index (κ3) is 5.32. The molecule has 1 aromatic carbocycles. The number of thiazole rings is 1. The molecule has 4 nitrogen and oxygen atoms in total. The first-order chi connectivity index (χ1) is 14.5. The van der Waals surface area contributed by atoms with Crippen molar-refractivity contribution in [2.75, 3.05) is 0 Å². The lowest BCUT2D eigenvalue weighted by Gasteiger charge is -2.10. The molecule has 0 amide bonds. The Morgan fingerprint density at radius 2 is 1.90 bits per heavy atom. The smallest absolute Gasteiger partial charge is 0.261 e. The quantitative estimate of drug-likeness (QED) is 0.453. The summed E-state index contributed by atoms with van der Waals surface area (Å²) in [7, 11) is -5.32. The minimum absolute atomic E-state index is 0.0773. The molecule has 0 bridgehead atoms. The number of hydrogen-bond donors (Lipinski definition) is 0. The Kier molecular flexibility index (Phi) is 6.53. The molecule has 0 radical (unpaired) electrons. The zero-order valence-electron chi connectivity index (χ0n) is 16.8. The fourth-order valence-electron chi connectivity index (χ4n) is 2.96. The second-order valence-corrected chi connectivity index (χ2v) is 10.2. The van der Waals surface area contributed by atoms with Crippen LogP contribution in [0, 0.1) is 18.3 Å². The highest BCUT2D eigenvalue weighted by molar-refractivity contribution is 7.91. The zero-order valence-corrected chi connectivity index (χ0v) is 18.4. The zero-order chi connectivity index (χ0) is 22.8. The van der Waals surface area contributed by atoms with Gasteiger partial charge in [0.2, 0.25) is 0 Å². The van der Waals surface area contributed by atoms with Crippen molar-refractivity contribution in [3.05, 3.63) is 58.7 Å². The van der Waals surface area contributed by atoms with Gasteiger partial charge in [-0.2, -0.15) is 13.2 Å². The largest absolute Gasteiger partial charge is 0.497 e. The third-order valence-corrected chi connectivity index (χ3v) is 6.73. The predicted molar refractivity (Wildman–Crippen MR) is 116 cm³/mol. The molecule has 9 heteroatoms. The number of pyridine rings is 1. The molecule has 162 valence electrons. The molecule has 0 saturated carbocycles. The van der Waals surface area contributed by atoms with Crippen molar-refractivity contribution in [3.63, 3.8) is 0 Å². The summed E-state index contributed by atoms with van der Waals surface area (Å²) in [5.74, 6) is 1.55. The molecule has 0 saturated heterocycles. The van der Waals surface area contributed by atoms with Gasteiger partial charge in [0.25, 0.3) is 9.84 Å². The van der Waals surface area contributed by atoms with E-state index in [0.717, 1.165) is 22.7 Å². The molecular weight excluding hydrogens is 445 g/mol. The molecule has 0 N–H and O–H groups in total. The van der Waals surface area contributed by atoms with Crippen molar-refractivity contribution in [1.82, 2.24) is 9.97 Å². The fraction of sp³-hybridized carbons (Fsp3) is 0.273. The second-order valence-electron chi connectivity index (χ2n) is 7.39. The first-order valence-corrected chi connectivity index (χ1v) is 11.8. The Bertz CT molecular complexity index is 1240. The highest BCUT2D eigenvalue weighted by Crippen LogP contribution is 2.32. The van der Waals surface area contributed by atoms with E-state index in [0.29, 0.717) is 17.2 Å². The van der Waals surface area contributed by atoms with Gasteiger partial charge in [0.1, 0.15) is 5.01 Å². The van der Waals surface area contributed by atoms with Crippen LogP contribution in [0.3, 0.4) is 0 Å². The lowest BCUT2D eigenvalue weighted by molar-refractivity contribution is -0.0437. The van der Waals surface area contributed by atoms with Crippen LogP contribution in [0.5, 0.6) is 0 Å². The van der Waals surface area contributed by atoms with E-state index in [-0.39, 0.29) is 11.1 Å². The highest BCUT2D eigenvalue weighted by Gasteiger charge is 2.45. The Balaban J connectivity index is 1.90. The number of nitrogens with zero attached hydrogens (tertiary/aromatic N) is 2. The summed E-state index contributed by atoms with van der Waals surface area (Å²) in [5.41, 5.74) is -2.24. The number of aromatic nitrogens is 2. The van der Waals surface area contributed by atoms with Crippen LogP contribution < -0.4 is 0 Å². The van der Waals surface area contributed by atoms with Crippen LogP contribution in [-0.4, -0.2) is 23.9 Å². The maximum absolute atomic E-state index is 12.7. The lowest BCUT2D eigenvalue weighted by atomic mass is 10.0. The van der Waals surface area contributed by atoms with Gasteiger partial charge in [0.15, 0.2) is 0 Å². The van der Waals surface area contributed by atoms with Crippen LogP contribution in [0.1, 0.15) is 30.7 Å². The van der Waals surface area contributed by atoms with Crippen LogP contribution in [0.25, 0.3) is 21.8 Å². The van der Waals surface area contributed by atoms with Crippen molar-refractivity contribution >= 4 is 21.2 Å². The minimum Gasteiger partial charge on any atom is -0.261 e. The summed E-state index contributed by atoms with van der Waals surface area (Å²) in [6.07, 6.45) is 8.01. The standard InChI is InChI=1S/C22H19F3N2O2S2/c1-4-15-10-16(5-6-18(15)13-31(28,29)22(23,24)25)20-12-30-21(27-20)17-7-8-26-19(11-17)9-14(2)3/h1,5-8,10-12,14H,9,13H2,2-3H3. The first kappa shape index (κ1) is 23.0. The van der Waals surface area contributed by atoms with Crippen molar-refractivity contribution in [2.24, 2.45) is 5.92 Å². The van der Waals surface area contributed by atoms with E-state index < -0.39 is 21.1 Å². The van der Waals surface area contributed by atoms with Crippen LogP contribution in [0.4, 0.5) is 13.2 Å². The molecule has 2 heterocycles. The number of halogens is 3. The van der Waals surface area contributed by atoms with E-state index in [9.17, 15) is 21.6 Å². The van der Waals surface area contributed by atoms with Crippen LogP contribution in [0.15, 0.2) is 41.9 Å². The van der Waals surface area contributed by atoms with Gasteiger partial charge in [-0.1, -0.05) is 31.9 Å². The normalized spacial score (nSPS) is 12.2. The monoisotopic (exact) mass is 464 g/mol. The number of alkyl halides is 3. The van der Waals surface area contributed by atoms with E-state index in [1.165, 1.54) is 29.5 Å². The van der Waals surface area contributed by atoms with Crippen LogP contribution in [0.2, 0.25) is 0 Å². The highest BCUT2D eigenvalue weighted by atomic mass is 32.2. The van der Waals surface area contributed by atoms with Crippen LogP contribution in [-0.2, 0) is 22.0 Å². The second kappa shape index (κ2) is 8.81. The summed E-state index contributed by atoms with van der Waals surface area (Å²) in [6.45, 7) is 4.23. The molecule has 0 aliphatic heterocycles. The summed E-state index contributed by atoms with van der Waals surface area (Å²) in [6, 6.07) is 8.17. The summed E-state index contributed by atoms with van der Waals surface area (Å²) >= 11 is 1.42. The Labute approximate surface area is 183 Å². The summed E-state index contributed by atoms with van der Waals surface area (Å²) < 4.78 is 61.1. The van der Waals surface area contributed by atoms with Gasteiger partial charge in [-0.05, 0) is 36.1 Å². The predicted octanol–water partition coefficient (Wildman–Crippen LogP) is 5.49. The maximum atomic E-state index is 12.7. The molecule has 3 rings (SSSR count). The fourth-order valence-corrected chi connectivity index (χ4v) is 4.61. The summed E-state index contributed by atoms with van der Waals surface area (Å²) in [4.78, 5) is 8.99. The van der Waals surface area contributed by atoms with Crippen LogP contribution >= 0.6 is 11.3 Å². The van der Waals surface area contributed by atoms with Gasteiger partial charge in [-0.25, -0.2) is 13.4 Å². The van der Waals surface area contributed by atoms with Gasteiger partial charge >= 0.3 is 5.51 Å². The molecule has 0 aliphatic rings. The van der Waals surface area contributed by atoms with Crippen molar-refractivity contribution in [3.8, 4) is 34.2 Å². The van der Waals surface area contributed by atoms with E-state index in [2.05, 4.69) is 29.7 Å². The molecule has 0 aliphatic carbocycles. The van der Waals surface area contributed by atoms with Gasteiger partial charge in [0.05, 0.1) is 11.4 Å². The Morgan fingerprint density at radius 1 is 1.16 bits per heavy atom. The van der Waals surface area contributed by atoms with Gasteiger partial charge in [0, 0.05) is 34.0 Å². The molecule has 2 aromatic heterocycles. The van der Waals surface area contributed by atoms with Crippen molar-refractivity contribution in [1.29, 1.82) is 0 Å². The maximum Gasteiger partial charge on any atom is 0.497 e. The number of benzene rings is 1. The number of sulfone groups is 1. The van der Waals surface area contributed by atoms with E-state index in [1.807, 2.05) is 17.5 Å². The Hall–Kier alpha value is -2.70. The van der Waals surface area contributed by atoms with E-state index in [4.69, 9.17) is 6.42 Å². The lowest BCUT2D eigenvalue weighted by Crippen LogP contribution is -2.25. The SMILES string of the molecule is C#Cc1cc(-c2csc(-c3ccnc(CC(C)C)c3)n2)ccc1CS(=O)(=O)C(F)(F)F. The number of hydrogen-bond acceptors (Lipinski definition) is 5. The Morgan fingerprint density at radius 3 is 2.55 bits per heavy atom. The molecular formula is C22H19F3N2O2S2.